The molecule has 27 heavy (non-hydrogen) atoms. The van der Waals surface area contributed by atoms with E-state index in [-0.39, 0.29) is 5.04 Å². The van der Waals surface area contributed by atoms with Crippen LogP contribution in [0, 0.1) is 6.92 Å². The molecule has 3 aromatic rings. The van der Waals surface area contributed by atoms with Gasteiger partial charge in [-0.3, -0.25) is 0 Å². The first-order valence-corrected chi connectivity index (χ1v) is 12.4. The molecule has 2 aromatic heterocycles. The lowest BCUT2D eigenvalue weighted by atomic mass is 10.2. The van der Waals surface area contributed by atoms with E-state index in [0.717, 1.165) is 35.9 Å². The molecule has 0 aliphatic rings. The lowest BCUT2D eigenvalue weighted by Crippen LogP contribution is -2.41. The summed E-state index contributed by atoms with van der Waals surface area (Å²) >= 11 is 0. The number of benzene rings is 1. The van der Waals surface area contributed by atoms with Gasteiger partial charge in [0.05, 0.1) is 30.2 Å². The van der Waals surface area contributed by atoms with Crippen LogP contribution in [-0.4, -0.2) is 36.0 Å². The summed E-state index contributed by atoms with van der Waals surface area (Å²) in [6.45, 7) is 14.8. The van der Waals surface area contributed by atoms with Gasteiger partial charge in [0.25, 0.3) is 0 Å². The smallest absolute Gasteiger partial charge is 0.192 e. The van der Waals surface area contributed by atoms with Gasteiger partial charge in [-0.2, -0.15) is 0 Å². The first-order valence-electron chi connectivity index (χ1n) is 9.45. The molecule has 1 N–H and O–H groups in total. The lowest BCUT2D eigenvalue weighted by Gasteiger charge is -2.36. The van der Waals surface area contributed by atoms with Gasteiger partial charge in [-0.1, -0.05) is 20.8 Å². The maximum absolute atomic E-state index is 6.23. The second-order valence-corrected chi connectivity index (χ2v) is 13.3. The number of nitrogens with one attached hydrogen (secondary N) is 1. The van der Waals surface area contributed by atoms with Crippen molar-refractivity contribution >= 4 is 24.9 Å². The van der Waals surface area contributed by atoms with Crippen LogP contribution in [0.5, 0.6) is 0 Å². The average molecular weight is 383 g/mol. The van der Waals surface area contributed by atoms with Crippen LogP contribution in [-0.2, 0) is 4.43 Å². The highest BCUT2D eigenvalue weighted by Crippen LogP contribution is 2.36. The summed E-state index contributed by atoms with van der Waals surface area (Å²) in [6, 6.07) is 8.53. The molecule has 0 fully saturated rings. The molecule has 0 unspecified atom stereocenters. The third-order valence-electron chi connectivity index (χ3n) is 5.44. The van der Waals surface area contributed by atoms with Crippen LogP contribution >= 0.6 is 0 Å². The Balaban J connectivity index is 1.65. The van der Waals surface area contributed by atoms with Gasteiger partial charge in [0, 0.05) is 23.8 Å². The Labute approximate surface area is 162 Å². The Hall–Kier alpha value is -2.18. The predicted molar refractivity (Wildman–Crippen MR) is 115 cm³/mol. The van der Waals surface area contributed by atoms with Crippen LogP contribution in [0.15, 0.2) is 42.9 Å². The first-order chi connectivity index (χ1) is 12.7. The van der Waals surface area contributed by atoms with Crippen molar-refractivity contribution in [3.05, 3.63) is 48.7 Å². The third kappa shape index (κ3) is 4.39. The number of anilines is 1. The predicted octanol–water partition coefficient (Wildman–Crippen LogP) is 5.16. The summed E-state index contributed by atoms with van der Waals surface area (Å²) in [7, 11) is -1.68. The molecule has 6 heteroatoms. The Kier molecular flexibility index (Phi) is 5.40. The van der Waals surface area contributed by atoms with Gasteiger partial charge in [-0.15, -0.1) is 0 Å². The van der Waals surface area contributed by atoms with Crippen molar-refractivity contribution < 1.29 is 4.43 Å². The Morgan fingerprint density at radius 3 is 2.48 bits per heavy atom. The van der Waals surface area contributed by atoms with E-state index in [0.29, 0.717) is 0 Å². The monoisotopic (exact) mass is 382 g/mol. The van der Waals surface area contributed by atoms with Crippen LogP contribution in [0.2, 0.25) is 18.1 Å². The number of rotatable bonds is 6. The van der Waals surface area contributed by atoms with Crippen molar-refractivity contribution in [2.45, 2.75) is 45.8 Å². The largest absolute Gasteiger partial charge is 0.415 e. The summed E-state index contributed by atoms with van der Waals surface area (Å²) in [5, 5.41) is 4.91. The highest BCUT2D eigenvalue weighted by Gasteiger charge is 2.36. The highest BCUT2D eigenvalue weighted by molar-refractivity contribution is 6.74. The minimum Gasteiger partial charge on any atom is -0.415 e. The van der Waals surface area contributed by atoms with Crippen LogP contribution in [0.4, 0.5) is 5.69 Å². The maximum atomic E-state index is 6.23. The zero-order chi connectivity index (χ0) is 19.7. The number of fused-ring (bicyclic) bond motifs is 1. The molecule has 0 saturated heterocycles. The second-order valence-electron chi connectivity index (χ2n) is 8.48. The molecule has 144 valence electrons. The van der Waals surface area contributed by atoms with E-state index in [1.807, 2.05) is 19.3 Å². The number of aryl methyl sites for hydroxylation is 1. The molecule has 0 amide bonds. The summed E-state index contributed by atoms with van der Waals surface area (Å²) in [4.78, 5) is 8.58. The van der Waals surface area contributed by atoms with Gasteiger partial charge in [0.2, 0.25) is 0 Å². The molecule has 0 aliphatic heterocycles. The van der Waals surface area contributed by atoms with Crippen LogP contribution in [0.1, 0.15) is 26.6 Å². The van der Waals surface area contributed by atoms with E-state index < -0.39 is 8.32 Å². The number of nitrogens with zero attached hydrogens (tertiary/aromatic N) is 3. The fourth-order valence-electron chi connectivity index (χ4n) is 2.71. The van der Waals surface area contributed by atoms with E-state index in [2.05, 4.69) is 84.2 Å². The van der Waals surface area contributed by atoms with Gasteiger partial charge >= 0.3 is 0 Å². The molecular formula is C21H30N4OSi. The molecule has 0 atom stereocenters. The van der Waals surface area contributed by atoms with Crippen molar-refractivity contribution in [2.24, 2.45) is 0 Å². The van der Waals surface area contributed by atoms with Crippen LogP contribution in [0.3, 0.4) is 0 Å². The Morgan fingerprint density at radius 2 is 1.81 bits per heavy atom. The van der Waals surface area contributed by atoms with Gasteiger partial charge in [0.15, 0.2) is 8.32 Å². The minimum absolute atomic E-state index is 0.245. The summed E-state index contributed by atoms with van der Waals surface area (Å²) < 4.78 is 8.34. The van der Waals surface area contributed by atoms with Crippen molar-refractivity contribution in [2.75, 3.05) is 18.5 Å². The maximum Gasteiger partial charge on any atom is 0.192 e. The number of hydrogen-bond acceptors (Lipinski definition) is 4. The van der Waals surface area contributed by atoms with Crippen molar-refractivity contribution in [1.29, 1.82) is 0 Å². The van der Waals surface area contributed by atoms with E-state index in [1.165, 1.54) is 5.39 Å². The van der Waals surface area contributed by atoms with Gasteiger partial charge < -0.3 is 14.3 Å². The molecule has 2 heterocycles. The molecule has 0 spiro atoms. The van der Waals surface area contributed by atoms with Crippen molar-refractivity contribution in [3.8, 4) is 5.69 Å². The fourth-order valence-corrected chi connectivity index (χ4v) is 3.75. The number of aromatic nitrogens is 3. The zero-order valence-corrected chi connectivity index (χ0v) is 18.2. The van der Waals surface area contributed by atoms with Gasteiger partial charge in [-0.05, 0) is 49.3 Å². The average Bonchev–Trinajstić information content (AvgIpc) is 3.02. The molecule has 0 saturated carbocycles. The topological polar surface area (TPSA) is 52.0 Å². The van der Waals surface area contributed by atoms with Crippen molar-refractivity contribution in [3.63, 3.8) is 0 Å². The van der Waals surface area contributed by atoms with Crippen molar-refractivity contribution in [1.82, 2.24) is 14.5 Å². The SMILES string of the molecule is Cc1ncc(-n2ccc3cc(NCCO[Si](C)(C)C(C)(C)C)ccc32)cn1. The molecule has 0 bridgehead atoms. The fraction of sp³-hybridized carbons (Fsp3) is 0.429. The van der Waals surface area contributed by atoms with E-state index in [4.69, 9.17) is 4.43 Å². The number of hydrogen-bond donors (Lipinski definition) is 1. The first kappa shape index (κ1) is 19.6. The van der Waals surface area contributed by atoms with E-state index in [9.17, 15) is 0 Å². The third-order valence-corrected chi connectivity index (χ3v) is 9.97. The summed E-state index contributed by atoms with van der Waals surface area (Å²) in [5.41, 5.74) is 3.23. The zero-order valence-electron chi connectivity index (χ0n) is 17.2. The molecule has 0 aliphatic carbocycles. The highest BCUT2D eigenvalue weighted by atomic mass is 28.4. The normalized spacial score (nSPS) is 12.5. The molecule has 1 aromatic carbocycles. The molecule has 5 nitrogen and oxygen atoms in total. The minimum atomic E-state index is -1.68. The molecular weight excluding hydrogens is 352 g/mol. The van der Waals surface area contributed by atoms with Crippen LogP contribution < -0.4 is 5.32 Å². The summed E-state index contributed by atoms with van der Waals surface area (Å²) in [6.07, 6.45) is 5.77. The Morgan fingerprint density at radius 1 is 1.11 bits per heavy atom. The van der Waals surface area contributed by atoms with Crippen LogP contribution in [0.25, 0.3) is 16.6 Å². The standard InChI is InChI=1S/C21H30N4OSi/c1-16-23-14-19(15-24-16)25-11-9-17-13-18(7-8-20(17)25)22-10-12-26-27(5,6)21(2,3)4/h7-9,11,13-15,22H,10,12H2,1-6H3. The quantitative estimate of drug-likeness (QED) is 0.472. The van der Waals surface area contributed by atoms with Gasteiger partial charge in [0.1, 0.15) is 5.82 Å². The van der Waals surface area contributed by atoms with E-state index in [1.54, 1.807) is 0 Å². The van der Waals surface area contributed by atoms with E-state index >= 15 is 0 Å². The summed E-state index contributed by atoms with van der Waals surface area (Å²) in [5.74, 6) is 0.779. The lowest BCUT2D eigenvalue weighted by molar-refractivity contribution is 0.301. The Bertz CT molecular complexity index is 910. The molecule has 3 rings (SSSR count). The van der Waals surface area contributed by atoms with Gasteiger partial charge in [-0.25, -0.2) is 9.97 Å². The molecule has 0 radical (unpaired) electrons. The second kappa shape index (κ2) is 7.44.